The van der Waals surface area contributed by atoms with Gasteiger partial charge in [-0.3, -0.25) is 0 Å². The van der Waals surface area contributed by atoms with Crippen molar-refractivity contribution in [1.29, 1.82) is 5.26 Å². The molecule has 6 heteroatoms. The van der Waals surface area contributed by atoms with E-state index in [2.05, 4.69) is 4.98 Å². The Kier molecular flexibility index (Phi) is 3.03. The third kappa shape index (κ3) is 2.72. The molecule has 1 aromatic heterocycles. The molecular formula is C9H10F3N3. The summed E-state index contributed by atoms with van der Waals surface area (Å²) in [5, 5.41) is 8.76. The number of nitriles is 1. The van der Waals surface area contributed by atoms with Crippen LogP contribution in [0.2, 0.25) is 0 Å². The zero-order valence-electron chi connectivity index (χ0n) is 8.34. The number of rotatable bonds is 2. The fourth-order valence-electron chi connectivity index (χ4n) is 1.25. The van der Waals surface area contributed by atoms with E-state index in [1.807, 2.05) is 0 Å². The average molecular weight is 217 g/mol. The van der Waals surface area contributed by atoms with E-state index in [0.29, 0.717) is 5.69 Å². The second kappa shape index (κ2) is 3.93. The molecule has 1 aromatic rings. The molecule has 1 rings (SSSR count). The molecule has 0 aliphatic heterocycles. The lowest BCUT2D eigenvalue weighted by molar-refractivity contribution is -0.140. The van der Waals surface area contributed by atoms with Gasteiger partial charge >= 0.3 is 6.18 Å². The second-order valence-corrected chi connectivity index (χ2v) is 3.49. The molecule has 0 bridgehead atoms. The molecule has 82 valence electrons. The molecule has 0 fully saturated rings. The molecule has 0 aliphatic rings. The lowest BCUT2D eigenvalue weighted by Crippen LogP contribution is -2.18. The lowest BCUT2D eigenvalue weighted by atomic mass is 10.1. The zero-order chi connectivity index (χ0) is 11.6. The number of imidazole rings is 1. The molecule has 0 amide bonds. The lowest BCUT2D eigenvalue weighted by Gasteiger charge is -2.08. The van der Waals surface area contributed by atoms with Gasteiger partial charge in [-0.25, -0.2) is 4.98 Å². The fourth-order valence-corrected chi connectivity index (χ4v) is 1.25. The Morgan fingerprint density at radius 2 is 2.13 bits per heavy atom. The molecule has 0 N–H and O–H groups in total. The van der Waals surface area contributed by atoms with Crippen LogP contribution in [-0.4, -0.2) is 15.7 Å². The minimum Gasteiger partial charge on any atom is -0.313 e. The number of aromatic nitrogens is 2. The molecular weight excluding hydrogens is 207 g/mol. The van der Waals surface area contributed by atoms with E-state index >= 15 is 0 Å². The highest BCUT2D eigenvalue weighted by Crippen LogP contribution is 2.22. The van der Waals surface area contributed by atoms with E-state index in [1.54, 1.807) is 19.9 Å². The third-order valence-electron chi connectivity index (χ3n) is 1.87. The zero-order valence-corrected chi connectivity index (χ0v) is 8.34. The van der Waals surface area contributed by atoms with Crippen molar-refractivity contribution in [2.75, 3.05) is 0 Å². The first-order chi connectivity index (χ1) is 6.85. The monoisotopic (exact) mass is 217 g/mol. The second-order valence-electron chi connectivity index (χ2n) is 3.49. The quantitative estimate of drug-likeness (QED) is 0.763. The van der Waals surface area contributed by atoms with Crippen LogP contribution in [0.4, 0.5) is 13.2 Å². The Hall–Kier alpha value is -1.51. The highest BCUT2D eigenvalue weighted by Gasteiger charge is 2.29. The molecule has 0 unspecified atom stereocenters. The number of alkyl halides is 3. The number of nitrogens with zero attached hydrogens (tertiary/aromatic N) is 3. The molecule has 1 heterocycles. The van der Waals surface area contributed by atoms with E-state index < -0.39 is 12.7 Å². The predicted molar refractivity (Wildman–Crippen MR) is 47.1 cm³/mol. The van der Waals surface area contributed by atoms with Gasteiger partial charge in [-0.15, -0.1) is 0 Å². The topological polar surface area (TPSA) is 41.6 Å². The van der Waals surface area contributed by atoms with E-state index in [0.717, 1.165) is 10.9 Å². The SMILES string of the molecule is CC(C)c1ncn(CC(F)(F)F)c1C#N. The normalized spacial score (nSPS) is 11.8. The van der Waals surface area contributed by atoms with Crippen LogP contribution in [0.25, 0.3) is 0 Å². The van der Waals surface area contributed by atoms with Gasteiger partial charge in [-0.1, -0.05) is 13.8 Å². The van der Waals surface area contributed by atoms with Gasteiger partial charge in [0.05, 0.1) is 12.0 Å². The van der Waals surface area contributed by atoms with Crippen LogP contribution in [0.15, 0.2) is 6.33 Å². The van der Waals surface area contributed by atoms with Crippen molar-refractivity contribution in [2.24, 2.45) is 0 Å². The van der Waals surface area contributed by atoms with E-state index in [4.69, 9.17) is 5.26 Å². The van der Waals surface area contributed by atoms with Crippen molar-refractivity contribution in [3.05, 3.63) is 17.7 Å². The summed E-state index contributed by atoms with van der Waals surface area (Å²) in [6, 6.07) is 1.75. The Bertz CT molecular complexity index is 384. The molecule has 0 atom stereocenters. The summed E-state index contributed by atoms with van der Waals surface area (Å²) < 4.78 is 37.2. The Balaban J connectivity index is 3.06. The van der Waals surface area contributed by atoms with Crippen molar-refractivity contribution in [3.63, 3.8) is 0 Å². The van der Waals surface area contributed by atoms with Gasteiger partial charge in [0.15, 0.2) is 0 Å². The first kappa shape index (κ1) is 11.6. The van der Waals surface area contributed by atoms with Gasteiger partial charge in [0, 0.05) is 0 Å². The van der Waals surface area contributed by atoms with Crippen LogP contribution in [0.3, 0.4) is 0 Å². The molecule has 0 spiro atoms. The van der Waals surface area contributed by atoms with Crippen molar-refractivity contribution in [2.45, 2.75) is 32.5 Å². The average Bonchev–Trinajstić information content (AvgIpc) is 2.44. The maximum atomic E-state index is 12.1. The van der Waals surface area contributed by atoms with Crippen molar-refractivity contribution in [3.8, 4) is 6.07 Å². The van der Waals surface area contributed by atoms with Crippen LogP contribution in [-0.2, 0) is 6.54 Å². The fraction of sp³-hybridized carbons (Fsp3) is 0.556. The predicted octanol–water partition coefficient (Wildman–Crippen LogP) is 2.44. The van der Waals surface area contributed by atoms with Crippen LogP contribution in [0.5, 0.6) is 0 Å². The van der Waals surface area contributed by atoms with E-state index in [1.165, 1.54) is 0 Å². The molecule has 15 heavy (non-hydrogen) atoms. The summed E-state index contributed by atoms with van der Waals surface area (Å²) in [6.45, 7) is 2.39. The maximum absolute atomic E-state index is 12.1. The largest absolute Gasteiger partial charge is 0.406 e. The van der Waals surface area contributed by atoms with Gasteiger partial charge in [0.1, 0.15) is 18.3 Å². The van der Waals surface area contributed by atoms with Gasteiger partial charge in [-0.05, 0) is 5.92 Å². The van der Waals surface area contributed by atoms with E-state index in [9.17, 15) is 13.2 Å². The summed E-state index contributed by atoms with van der Waals surface area (Å²) >= 11 is 0. The maximum Gasteiger partial charge on any atom is 0.406 e. The summed E-state index contributed by atoms with van der Waals surface area (Å²) in [5.41, 5.74) is 0.393. The van der Waals surface area contributed by atoms with Crippen molar-refractivity contribution < 1.29 is 13.2 Å². The molecule has 0 saturated carbocycles. The Morgan fingerprint density at radius 3 is 2.53 bits per heavy atom. The van der Waals surface area contributed by atoms with Crippen LogP contribution >= 0.6 is 0 Å². The first-order valence-corrected chi connectivity index (χ1v) is 4.37. The number of halogens is 3. The summed E-state index contributed by atoms with van der Waals surface area (Å²) in [5.74, 6) is -0.0610. The van der Waals surface area contributed by atoms with Gasteiger partial charge < -0.3 is 4.57 Å². The van der Waals surface area contributed by atoms with Gasteiger partial charge in [0.25, 0.3) is 0 Å². The summed E-state index contributed by atoms with van der Waals surface area (Å²) in [6.07, 6.45) is -3.28. The van der Waals surface area contributed by atoms with Crippen molar-refractivity contribution in [1.82, 2.24) is 9.55 Å². The smallest absolute Gasteiger partial charge is 0.313 e. The standard InChI is InChI=1S/C9H10F3N3/c1-6(2)8-7(3-13)15(5-14-8)4-9(10,11)12/h5-6H,4H2,1-2H3. The highest BCUT2D eigenvalue weighted by molar-refractivity contribution is 5.29. The summed E-state index contributed by atoms with van der Waals surface area (Å²) in [7, 11) is 0. The van der Waals surface area contributed by atoms with E-state index in [-0.39, 0.29) is 11.6 Å². The van der Waals surface area contributed by atoms with Gasteiger partial charge in [-0.2, -0.15) is 18.4 Å². The Labute approximate surface area is 85.1 Å². The number of hydrogen-bond donors (Lipinski definition) is 0. The Morgan fingerprint density at radius 1 is 1.53 bits per heavy atom. The molecule has 0 radical (unpaired) electrons. The van der Waals surface area contributed by atoms with Crippen LogP contribution in [0, 0.1) is 11.3 Å². The highest BCUT2D eigenvalue weighted by atomic mass is 19.4. The van der Waals surface area contributed by atoms with Gasteiger partial charge in [0.2, 0.25) is 0 Å². The van der Waals surface area contributed by atoms with Crippen LogP contribution in [0.1, 0.15) is 31.2 Å². The minimum absolute atomic E-state index is 0.0117. The van der Waals surface area contributed by atoms with Crippen LogP contribution < -0.4 is 0 Å². The molecule has 0 saturated heterocycles. The molecule has 0 aliphatic carbocycles. The van der Waals surface area contributed by atoms with Crippen molar-refractivity contribution >= 4 is 0 Å². The minimum atomic E-state index is -4.33. The molecule has 0 aromatic carbocycles. The third-order valence-corrected chi connectivity index (χ3v) is 1.87. The summed E-state index contributed by atoms with van der Waals surface area (Å²) in [4.78, 5) is 3.81. The molecule has 3 nitrogen and oxygen atoms in total. The first-order valence-electron chi connectivity index (χ1n) is 4.37. The number of hydrogen-bond acceptors (Lipinski definition) is 2.